The molecule has 0 spiro atoms. The number of carbonyl (C=O) groups is 1. The molecule has 0 atom stereocenters. The van der Waals surface area contributed by atoms with E-state index in [9.17, 15) is 4.79 Å². The van der Waals surface area contributed by atoms with E-state index in [1.807, 2.05) is 60.5 Å². The molecule has 1 aromatic carbocycles. The van der Waals surface area contributed by atoms with Crippen LogP contribution in [0, 0.1) is 0 Å². The van der Waals surface area contributed by atoms with E-state index in [0.717, 1.165) is 11.4 Å². The largest absolute Gasteiger partial charge is 0.353 e. The average Bonchev–Trinajstić information content (AvgIpc) is 2.93. The van der Waals surface area contributed by atoms with Crippen LogP contribution in [-0.4, -0.2) is 28.3 Å². The number of carbonyl (C=O) groups excluding carboxylic acids is 1. The summed E-state index contributed by atoms with van der Waals surface area (Å²) in [5.41, 5.74) is 1.87. The molecule has 22 heavy (non-hydrogen) atoms. The molecule has 1 N–H and O–H groups in total. The van der Waals surface area contributed by atoms with Crippen LogP contribution in [0.15, 0.2) is 60.1 Å². The SMILES string of the molecule is C=CCN(Cc1cccn1C)C(=O)Nc1ccc(SC)cc1. The molecule has 0 saturated heterocycles. The van der Waals surface area contributed by atoms with Crippen LogP contribution in [0.5, 0.6) is 0 Å². The predicted molar refractivity (Wildman–Crippen MR) is 93.3 cm³/mol. The highest BCUT2D eigenvalue weighted by atomic mass is 32.2. The van der Waals surface area contributed by atoms with Crippen molar-refractivity contribution in [3.05, 3.63) is 60.9 Å². The third-order valence-corrected chi connectivity index (χ3v) is 4.13. The second-order valence-corrected chi connectivity index (χ2v) is 5.82. The van der Waals surface area contributed by atoms with Crippen LogP contribution in [0.4, 0.5) is 10.5 Å². The van der Waals surface area contributed by atoms with Gasteiger partial charge in [0.15, 0.2) is 0 Å². The van der Waals surface area contributed by atoms with Crippen LogP contribution in [0.25, 0.3) is 0 Å². The molecule has 1 heterocycles. The number of amides is 2. The fraction of sp³-hybridized carbons (Fsp3) is 0.235. The van der Waals surface area contributed by atoms with Gasteiger partial charge in [-0.05, 0) is 42.7 Å². The summed E-state index contributed by atoms with van der Waals surface area (Å²) in [5, 5.41) is 2.93. The summed E-state index contributed by atoms with van der Waals surface area (Å²) in [6.07, 6.45) is 5.74. The van der Waals surface area contributed by atoms with Gasteiger partial charge in [-0.2, -0.15) is 0 Å². The summed E-state index contributed by atoms with van der Waals surface area (Å²) in [6, 6.07) is 11.7. The molecule has 0 saturated carbocycles. The molecule has 0 unspecified atom stereocenters. The second-order valence-electron chi connectivity index (χ2n) is 4.94. The monoisotopic (exact) mass is 315 g/mol. The lowest BCUT2D eigenvalue weighted by Gasteiger charge is -2.22. The van der Waals surface area contributed by atoms with Crippen molar-refractivity contribution in [2.24, 2.45) is 7.05 Å². The van der Waals surface area contributed by atoms with Gasteiger partial charge in [0.1, 0.15) is 0 Å². The quantitative estimate of drug-likeness (QED) is 0.647. The highest BCUT2D eigenvalue weighted by Gasteiger charge is 2.14. The summed E-state index contributed by atoms with van der Waals surface area (Å²) in [6.45, 7) is 4.78. The molecule has 0 aliphatic carbocycles. The Morgan fingerprint density at radius 2 is 2.09 bits per heavy atom. The van der Waals surface area contributed by atoms with Crippen LogP contribution < -0.4 is 5.32 Å². The maximum Gasteiger partial charge on any atom is 0.322 e. The number of aryl methyl sites for hydroxylation is 1. The fourth-order valence-electron chi connectivity index (χ4n) is 2.11. The van der Waals surface area contributed by atoms with E-state index in [2.05, 4.69) is 11.9 Å². The molecule has 0 bridgehead atoms. The van der Waals surface area contributed by atoms with Gasteiger partial charge in [-0.1, -0.05) is 6.08 Å². The topological polar surface area (TPSA) is 37.3 Å². The first kappa shape index (κ1) is 16.2. The van der Waals surface area contributed by atoms with Crippen molar-refractivity contribution in [3.63, 3.8) is 0 Å². The first-order valence-electron chi connectivity index (χ1n) is 7.05. The molecule has 2 rings (SSSR count). The Bertz CT molecular complexity index is 634. The minimum atomic E-state index is -0.127. The number of urea groups is 1. The van der Waals surface area contributed by atoms with E-state index in [-0.39, 0.29) is 6.03 Å². The summed E-state index contributed by atoms with van der Waals surface area (Å²) in [4.78, 5) is 15.3. The van der Waals surface area contributed by atoms with E-state index in [1.165, 1.54) is 4.90 Å². The number of thioether (sulfide) groups is 1. The highest BCUT2D eigenvalue weighted by molar-refractivity contribution is 7.98. The number of hydrogen-bond acceptors (Lipinski definition) is 2. The average molecular weight is 315 g/mol. The van der Waals surface area contributed by atoms with E-state index in [4.69, 9.17) is 0 Å². The first-order chi connectivity index (χ1) is 10.6. The summed E-state index contributed by atoms with van der Waals surface area (Å²) >= 11 is 1.68. The van der Waals surface area contributed by atoms with Crippen molar-refractivity contribution in [2.75, 3.05) is 18.1 Å². The predicted octanol–water partition coefficient (Wildman–Crippen LogP) is 3.97. The lowest BCUT2D eigenvalue weighted by atomic mass is 10.3. The van der Waals surface area contributed by atoms with E-state index in [1.54, 1.807) is 22.7 Å². The van der Waals surface area contributed by atoms with Gasteiger partial charge in [-0.15, -0.1) is 18.3 Å². The molecule has 2 aromatic rings. The highest BCUT2D eigenvalue weighted by Crippen LogP contribution is 2.18. The van der Waals surface area contributed by atoms with E-state index in [0.29, 0.717) is 13.1 Å². The zero-order chi connectivity index (χ0) is 15.9. The molecule has 0 aliphatic heterocycles. The smallest absolute Gasteiger partial charge is 0.322 e. The number of rotatable bonds is 6. The van der Waals surface area contributed by atoms with Gasteiger partial charge in [0.2, 0.25) is 0 Å². The van der Waals surface area contributed by atoms with Crippen molar-refractivity contribution in [2.45, 2.75) is 11.4 Å². The van der Waals surface area contributed by atoms with E-state index < -0.39 is 0 Å². The van der Waals surface area contributed by atoms with Crippen molar-refractivity contribution in [1.82, 2.24) is 9.47 Å². The molecule has 0 radical (unpaired) electrons. The number of nitrogens with one attached hydrogen (secondary N) is 1. The zero-order valence-electron chi connectivity index (χ0n) is 13.0. The summed E-state index contributed by atoms with van der Waals surface area (Å²) in [5.74, 6) is 0. The molecule has 0 fully saturated rings. The molecule has 0 aliphatic rings. The Balaban J connectivity index is 2.05. The minimum Gasteiger partial charge on any atom is -0.353 e. The van der Waals surface area contributed by atoms with Gasteiger partial charge >= 0.3 is 6.03 Å². The molecule has 5 heteroatoms. The van der Waals surface area contributed by atoms with Gasteiger partial charge in [0, 0.05) is 36.1 Å². The maximum atomic E-state index is 12.4. The zero-order valence-corrected chi connectivity index (χ0v) is 13.8. The van der Waals surface area contributed by atoms with Gasteiger partial charge in [-0.3, -0.25) is 0 Å². The number of anilines is 1. The fourth-order valence-corrected chi connectivity index (χ4v) is 2.52. The third-order valence-electron chi connectivity index (χ3n) is 3.38. The number of aromatic nitrogens is 1. The van der Waals surface area contributed by atoms with Crippen molar-refractivity contribution < 1.29 is 4.79 Å². The van der Waals surface area contributed by atoms with Crippen molar-refractivity contribution in [1.29, 1.82) is 0 Å². The molecule has 4 nitrogen and oxygen atoms in total. The Morgan fingerprint density at radius 3 is 2.64 bits per heavy atom. The molecular weight excluding hydrogens is 294 g/mol. The van der Waals surface area contributed by atoms with Gasteiger partial charge < -0.3 is 14.8 Å². The van der Waals surface area contributed by atoms with Gasteiger partial charge in [-0.25, -0.2) is 4.79 Å². The number of nitrogens with zero attached hydrogens (tertiary/aromatic N) is 2. The Hall–Kier alpha value is -2.14. The van der Waals surface area contributed by atoms with Crippen LogP contribution in [0.3, 0.4) is 0 Å². The molecule has 1 aromatic heterocycles. The molecule has 2 amide bonds. The van der Waals surface area contributed by atoms with Crippen LogP contribution in [0.2, 0.25) is 0 Å². The Morgan fingerprint density at radius 1 is 1.36 bits per heavy atom. The summed E-state index contributed by atoms with van der Waals surface area (Å²) < 4.78 is 2.01. The first-order valence-corrected chi connectivity index (χ1v) is 8.27. The standard InChI is InChI=1S/C17H21N3OS/c1-4-11-20(13-15-6-5-12-19(15)2)17(21)18-14-7-9-16(22-3)10-8-14/h4-10,12H,1,11,13H2,2-3H3,(H,18,21). The number of hydrogen-bond donors (Lipinski definition) is 1. The maximum absolute atomic E-state index is 12.4. The van der Waals surface area contributed by atoms with Gasteiger partial charge in [0.25, 0.3) is 0 Å². The molecular formula is C17H21N3OS. The van der Waals surface area contributed by atoms with E-state index >= 15 is 0 Å². The van der Waals surface area contributed by atoms with Crippen LogP contribution in [0.1, 0.15) is 5.69 Å². The lowest BCUT2D eigenvalue weighted by Crippen LogP contribution is -2.35. The third kappa shape index (κ3) is 4.18. The second kappa shape index (κ2) is 7.75. The normalized spacial score (nSPS) is 10.3. The minimum absolute atomic E-state index is 0.127. The van der Waals surface area contributed by atoms with Gasteiger partial charge in [0.05, 0.1) is 6.54 Å². The lowest BCUT2D eigenvalue weighted by molar-refractivity contribution is 0.214. The van der Waals surface area contributed by atoms with Crippen LogP contribution >= 0.6 is 11.8 Å². The Kier molecular flexibility index (Phi) is 5.72. The van der Waals surface area contributed by atoms with Crippen LogP contribution in [-0.2, 0) is 13.6 Å². The van der Waals surface area contributed by atoms with Crippen molar-refractivity contribution >= 4 is 23.5 Å². The van der Waals surface area contributed by atoms with Crippen molar-refractivity contribution in [3.8, 4) is 0 Å². The molecule has 116 valence electrons. The summed E-state index contributed by atoms with van der Waals surface area (Å²) in [7, 11) is 1.97. The Labute approximate surface area is 135 Å². The number of benzene rings is 1.